The number of hydrogen-bond donors (Lipinski definition) is 1. The summed E-state index contributed by atoms with van der Waals surface area (Å²) < 4.78 is 5.49. The zero-order chi connectivity index (χ0) is 18.6. The summed E-state index contributed by atoms with van der Waals surface area (Å²) in [5, 5.41) is 14.6. The predicted octanol–water partition coefficient (Wildman–Crippen LogP) is 3.59. The molecule has 2 heterocycles. The number of nitrogens with zero attached hydrogens (tertiary/aromatic N) is 4. The zero-order valence-electron chi connectivity index (χ0n) is 15.0. The Morgan fingerprint density at radius 3 is 2.56 bits per heavy atom. The van der Waals surface area contributed by atoms with Gasteiger partial charge in [0.25, 0.3) is 5.71 Å². The Morgan fingerprint density at radius 2 is 1.78 bits per heavy atom. The van der Waals surface area contributed by atoms with Crippen molar-refractivity contribution in [1.82, 2.24) is 15.1 Å². The topological polar surface area (TPSA) is 75.3 Å². The van der Waals surface area contributed by atoms with E-state index >= 15 is 0 Å². The van der Waals surface area contributed by atoms with Crippen molar-refractivity contribution in [2.75, 3.05) is 18.1 Å². The lowest BCUT2D eigenvalue weighted by Gasteiger charge is -2.23. The van der Waals surface area contributed by atoms with Crippen LogP contribution in [0.2, 0.25) is 0 Å². The average Bonchev–Trinajstić information content (AvgIpc) is 3.13. The number of aliphatic hydroxyl groups excluding tert-OH is 1. The van der Waals surface area contributed by atoms with Crippen LogP contribution < -0.4 is 4.90 Å². The molecule has 2 aromatic carbocycles. The standard InChI is InChI=1S/C21H20N4O2/c1-15-7-5-6-10-17(15)19-18-20(22-14-23-21(18)27-24-19)25(11-12-26)13-16-8-3-2-4-9-16/h2-10,14,26H,11-13H2,1H3. The number of fused-ring (bicyclic) bond motifs is 1. The van der Waals surface area contributed by atoms with Gasteiger partial charge in [0, 0.05) is 18.7 Å². The summed E-state index contributed by atoms with van der Waals surface area (Å²) in [4.78, 5) is 10.8. The van der Waals surface area contributed by atoms with E-state index in [0.717, 1.165) is 27.8 Å². The van der Waals surface area contributed by atoms with Crippen LogP contribution in [0.1, 0.15) is 11.1 Å². The fraction of sp³-hybridized carbons (Fsp3) is 0.190. The molecular formula is C21H20N4O2. The molecule has 0 spiro atoms. The van der Waals surface area contributed by atoms with E-state index in [-0.39, 0.29) is 6.61 Å². The van der Waals surface area contributed by atoms with Gasteiger partial charge in [-0.05, 0) is 18.1 Å². The smallest absolute Gasteiger partial charge is 0.263 e. The molecule has 4 aromatic rings. The summed E-state index contributed by atoms with van der Waals surface area (Å²) in [7, 11) is 0. The first-order valence-corrected chi connectivity index (χ1v) is 8.84. The summed E-state index contributed by atoms with van der Waals surface area (Å²) in [5.74, 6) is 0.706. The van der Waals surface area contributed by atoms with E-state index in [1.807, 2.05) is 54.3 Å². The van der Waals surface area contributed by atoms with Gasteiger partial charge in [-0.3, -0.25) is 0 Å². The van der Waals surface area contributed by atoms with Gasteiger partial charge < -0.3 is 14.5 Å². The summed E-state index contributed by atoms with van der Waals surface area (Å²) in [6, 6.07) is 18.1. The number of aliphatic hydroxyl groups is 1. The normalized spacial score (nSPS) is 11.0. The number of aryl methyl sites for hydroxylation is 1. The second-order valence-corrected chi connectivity index (χ2v) is 6.35. The second-order valence-electron chi connectivity index (χ2n) is 6.35. The Balaban J connectivity index is 1.85. The molecule has 27 heavy (non-hydrogen) atoms. The lowest BCUT2D eigenvalue weighted by atomic mass is 10.0. The van der Waals surface area contributed by atoms with Gasteiger partial charge >= 0.3 is 0 Å². The summed E-state index contributed by atoms with van der Waals surface area (Å²) in [5.41, 5.74) is 4.37. The molecule has 0 fully saturated rings. The monoisotopic (exact) mass is 360 g/mol. The molecule has 0 radical (unpaired) electrons. The molecule has 0 saturated carbocycles. The molecular weight excluding hydrogens is 340 g/mol. The lowest BCUT2D eigenvalue weighted by molar-refractivity contribution is 0.301. The van der Waals surface area contributed by atoms with Crippen molar-refractivity contribution in [2.24, 2.45) is 0 Å². The van der Waals surface area contributed by atoms with Crippen molar-refractivity contribution in [3.63, 3.8) is 0 Å². The molecule has 4 rings (SSSR count). The van der Waals surface area contributed by atoms with Crippen LogP contribution in [0, 0.1) is 6.92 Å². The summed E-state index contributed by atoms with van der Waals surface area (Å²) >= 11 is 0. The maximum Gasteiger partial charge on any atom is 0.263 e. The van der Waals surface area contributed by atoms with Crippen molar-refractivity contribution >= 4 is 16.9 Å². The van der Waals surface area contributed by atoms with Crippen LogP contribution in [-0.4, -0.2) is 33.4 Å². The van der Waals surface area contributed by atoms with Crippen LogP contribution in [0.5, 0.6) is 0 Å². The highest BCUT2D eigenvalue weighted by atomic mass is 16.5. The minimum absolute atomic E-state index is 0.0172. The fourth-order valence-electron chi connectivity index (χ4n) is 3.22. The van der Waals surface area contributed by atoms with E-state index in [4.69, 9.17) is 4.52 Å². The first-order valence-electron chi connectivity index (χ1n) is 8.84. The second kappa shape index (κ2) is 7.55. The van der Waals surface area contributed by atoms with Crippen molar-refractivity contribution in [3.8, 4) is 11.3 Å². The predicted molar refractivity (Wildman–Crippen MR) is 104 cm³/mol. The molecule has 2 aromatic heterocycles. The Morgan fingerprint density at radius 1 is 1.00 bits per heavy atom. The number of aromatic nitrogens is 3. The van der Waals surface area contributed by atoms with Crippen molar-refractivity contribution in [2.45, 2.75) is 13.5 Å². The first-order chi connectivity index (χ1) is 13.3. The molecule has 0 bridgehead atoms. The highest BCUT2D eigenvalue weighted by molar-refractivity contribution is 5.98. The van der Waals surface area contributed by atoms with E-state index in [0.29, 0.717) is 24.6 Å². The van der Waals surface area contributed by atoms with Crippen LogP contribution in [0.4, 0.5) is 5.82 Å². The van der Waals surface area contributed by atoms with Gasteiger partial charge in [-0.15, -0.1) is 0 Å². The molecule has 0 atom stereocenters. The Bertz CT molecular complexity index is 1050. The van der Waals surface area contributed by atoms with E-state index < -0.39 is 0 Å². The van der Waals surface area contributed by atoms with Crippen LogP contribution >= 0.6 is 0 Å². The third kappa shape index (κ3) is 3.39. The molecule has 0 aliphatic carbocycles. The Hall–Kier alpha value is -3.25. The lowest BCUT2D eigenvalue weighted by Crippen LogP contribution is -2.27. The molecule has 136 valence electrons. The number of benzene rings is 2. The molecule has 0 amide bonds. The third-order valence-corrected chi connectivity index (χ3v) is 4.54. The minimum atomic E-state index is 0.0172. The molecule has 0 saturated heterocycles. The fourth-order valence-corrected chi connectivity index (χ4v) is 3.22. The molecule has 6 heteroatoms. The number of anilines is 1. The van der Waals surface area contributed by atoms with Crippen LogP contribution in [0.15, 0.2) is 65.4 Å². The van der Waals surface area contributed by atoms with E-state index in [2.05, 4.69) is 27.3 Å². The molecule has 1 N–H and O–H groups in total. The maximum atomic E-state index is 9.61. The van der Waals surface area contributed by atoms with Crippen LogP contribution in [0.3, 0.4) is 0 Å². The van der Waals surface area contributed by atoms with E-state index in [1.54, 1.807) is 0 Å². The Kier molecular flexibility index (Phi) is 4.80. The molecule has 6 nitrogen and oxygen atoms in total. The van der Waals surface area contributed by atoms with Gasteiger partial charge in [-0.2, -0.15) is 4.98 Å². The van der Waals surface area contributed by atoms with Crippen molar-refractivity contribution in [3.05, 3.63) is 72.1 Å². The van der Waals surface area contributed by atoms with Gasteiger partial charge in [0.15, 0.2) is 0 Å². The first kappa shape index (κ1) is 17.2. The number of hydrogen-bond acceptors (Lipinski definition) is 6. The van der Waals surface area contributed by atoms with Gasteiger partial charge in [-0.25, -0.2) is 4.98 Å². The van der Waals surface area contributed by atoms with E-state index in [9.17, 15) is 5.11 Å². The average molecular weight is 360 g/mol. The van der Waals surface area contributed by atoms with Gasteiger partial charge in [0.2, 0.25) is 0 Å². The summed E-state index contributed by atoms with van der Waals surface area (Å²) in [6.07, 6.45) is 1.47. The number of rotatable bonds is 6. The largest absolute Gasteiger partial charge is 0.395 e. The van der Waals surface area contributed by atoms with Gasteiger partial charge in [0.05, 0.1) is 6.61 Å². The van der Waals surface area contributed by atoms with E-state index in [1.165, 1.54) is 6.33 Å². The third-order valence-electron chi connectivity index (χ3n) is 4.54. The minimum Gasteiger partial charge on any atom is -0.395 e. The van der Waals surface area contributed by atoms with Crippen molar-refractivity contribution in [1.29, 1.82) is 0 Å². The Labute approximate surface area is 157 Å². The zero-order valence-corrected chi connectivity index (χ0v) is 15.0. The SMILES string of the molecule is Cc1ccccc1-c1noc2ncnc(N(CCO)Cc3ccccc3)c12. The van der Waals surface area contributed by atoms with Gasteiger partial charge in [0.1, 0.15) is 23.2 Å². The van der Waals surface area contributed by atoms with Crippen LogP contribution in [0.25, 0.3) is 22.4 Å². The summed E-state index contributed by atoms with van der Waals surface area (Å²) in [6.45, 7) is 3.11. The highest BCUT2D eigenvalue weighted by Gasteiger charge is 2.21. The quantitative estimate of drug-likeness (QED) is 0.566. The maximum absolute atomic E-state index is 9.61. The highest BCUT2D eigenvalue weighted by Crippen LogP contribution is 2.34. The van der Waals surface area contributed by atoms with Crippen LogP contribution in [-0.2, 0) is 6.54 Å². The van der Waals surface area contributed by atoms with Gasteiger partial charge in [-0.1, -0.05) is 59.8 Å². The molecule has 0 unspecified atom stereocenters. The van der Waals surface area contributed by atoms with Crippen molar-refractivity contribution < 1.29 is 9.63 Å². The molecule has 0 aliphatic heterocycles. The molecule has 0 aliphatic rings.